The quantitative estimate of drug-likeness (QED) is 0.0683. The number of nitrogens with zero attached hydrogens (tertiary/aromatic N) is 4. The molecule has 5 N–H and O–H groups in total. The summed E-state index contributed by atoms with van der Waals surface area (Å²) in [5.41, 5.74) is 12.9. The number of benzene rings is 1. The first kappa shape index (κ1) is 31.8. The topological polar surface area (TPSA) is 197 Å². The zero-order chi connectivity index (χ0) is 30.7. The summed E-state index contributed by atoms with van der Waals surface area (Å²) in [6, 6.07) is 6.07. The maximum Gasteiger partial charge on any atom is 0.418 e. The molecular formula is C26H37N6O8S2+. The largest absolute Gasteiger partial charge is 0.490 e. The first-order valence-electron chi connectivity index (χ1n) is 13.5. The molecule has 14 nitrogen and oxygen atoms in total. The lowest BCUT2D eigenvalue weighted by Gasteiger charge is -2.50. The van der Waals surface area contributed by atoms with Gasteiger partial charge in [0.15, 0.2) is 23.2 Å². The molecule has 230 valence electrons. The second-order valence-corrected chi connectivity index (χ2v) is 13.1. The Morgan fingerprint density at radius 3 is 2.71 bits per heavy atom. The molecular weight excluding hydrogens is 588 g/mol. The third-order valence-electron chi connectivity index (χ3n) is 7.61. The van der Waals surface area contributed by atoms with E-state index in [9.17, 15) is 18.0 Å². The number of nitrogens with two attached hydrogens (primary N) is 2. The van der Waals surface area contributed by atoms with Crippen molar-refractivity contribution in [2.45, 2.75) is 45.2 Å². The number of nitrogen functional groups attached to an aromatic ring is 1. The van der Waals surface area contributed by atoms with Gasteiger partial charge in [0.05, 0.1) is 31.6 Å². The predicted octanol–water partition coefficient (Wildman–Crippen LogP) is 1.31. The number of thiazole rings is 1. The Labute approximate surface area is 248 Å². The number of oxime groups is 1. The highest BCUT2D eigenvalue weighted by Gasteiger charge is 2.57. The normalized spacial score (nSPS) is 21.9. The van der Waals surface area contributed by atoms with Crippen LogP contribution >= 0.6 is 11.3 Å². The van der Waals surface area contributed by atoms with Gasteiger partial charge in [0.25, 0.3) is 5.91 Å². The summed E-state index contributed by atoms with van der Waals surface area (Å²) in [4.78, 5) is 35.2. The molecule has 4 rings (SSSR count). The number of aromatic nitrogens is 1. The van der Waals surface area contributed by atoms with Gasteiger partial charge in [-0.25, -0.2) is 4.98 Å². The zero-order valence-electron chi connectivity index (χ0n) is 23.8. The van der Waals surface area contributed by atoms with Crippen molar-refractivity contribution < 1.29 is 40.9 Å². The molecule has 0 radical (unpaired) electrons. The molecule has 1 aromatic heterocycles. The molecule has 0 aliphatic carbocycles. The van der Waals surface area contributed by atoms with Crippen molar-refractivity contribution in [2.24, 2.45) is 16.8 Å². The fourth-order valence-electron chi connectivity index (χ4n) is 5.22. The summed E-state index contributed by atoms with van der Waals surface area (Å²) in [7, 11) is -2.65. The highest BCUT2D eigenvalue weighted by molar-refractivity contribution is 7.80. The Kier molecular flexibility index (Phi) is 9.54. The van der Waals surface area contributed by atoms with Gasteiger partial charge < -0.3 is 25.5 Å². The monoisotopic (exact) mass is 625 g/mol. The Morgan fingerprint density at radius 1 is 1.31 bits per heavy atom. The van der Waals surface area contributed by atoms with Crippen LogP contribution in [0.2, 0.25) is 0 Å². The average molecular weight is 626 g/mol. The maximum absolute atomic E-state index is 13.2. The summed E-state index contributed by atoms with van der Waals surface area (Å²) < 4.78 is 42.3. The van der Waals surface area contributed by atoms with Gasteiger partial charge in [-0.15, -0.1) is 15.6 Å². The van der Waals surface area contributed by atoms with Gasteiger partial charge in [0, 0.05) is 30.2 Å². The van der Waals surface area contributed by atoms with Crippen LogP contribution in [-0.2, 0) is 42.1 Å². The standard InChI is InChI=1S/C26H36N6O8S2/c1-26(2)20(24(34)31(26)40-42(35,36)37)14-22(33)23(21-16-41-25(28)29-21)30-39-12-11-38-19-6-5-18-15-32(3,9-4-8-27)10-7-17(18)13-19/h5-6,13,16,20H,4,7-12,14-15,27H2,1-3H3,(H2-,28,29,35,36,37)/p+1/b30-23-/t20-,32?/m1/s1. The van der Waals surface area contributed by atoms with Crippen molar-refractivity contribution in [2.75, 3.05) is 45.6 Å². The number of hydrogen-bond acceptors (Lipinski definition) is 12. The molecule has 2 aromatic rings. The number of ether oxygens (including phenoxy) is 1. The van der Waals surface area contributed by atoms with Gasteiger partial charge in [0.2, 0.25) is 0 Å². The minimum absolute atomic E-state index is 0.0331. The molecule has 2 aliphatic rings. The molecule has 1 aromatic carbocycles. The third kappa shape index (κ3) is 7.43. The van der Waals surface area contributed by atoms with Crippen LogP contribution in [-0.4, -0.2) is 90.3 Å². The second-order valence-electron chi connectivity index (χ2n) is 11.2. The van der Waals surface area contributed by atoms with E-state index in [1.54, 1.807) is 5.38 Å². The number of ketones is 1. The lowest BCUT2D eigenvalue weighted by Crippen LogP contribution is -2.68. The maximum atomic E-state index is 13.2. The number of anilines is 1. The van der Waals surface area contributed by atoms with Crippen LogP contribution in [0.1, 0.15) is 43.5 Å². The molecule has 1 amide bonds. The number of Topliss-reactive ketones (excluding diaryl/α,β-unsaturated/α-hetero) is 1. The van der Waals surface area contributed by atoms with Gasteiger partial charge in [0.1, 0.15) is 24.6 Å². The van der Waals surface area contributed by atoms with E-state index in [0.29, 0.717) is 17.4 Å². The molecule has 2 atom stereocenters. The summed E-state index contributed by atoms with van der Waals surface area (Å²) >= 11 is 1.11. The van der Waals surface area contributed by atoms with Crippen molar-refractivity contribution >= 4 is 44.3 Å². The Balaban J connectivity index is 1.35. The molecule has 0 spiro atoms. The first-order chi connectivity index (χ1) is 19.7. The van der Waals surface area contributed by atoms with Crippen molar-refractivity contribution in [1.82, 2.24) is 10.0 Å². The van der Waals surface area contributed by atoms with Crippen LogP contribution in [0.5, 0.6) is 5.75 Å². The third-order valence-corrected chi connectivity index (χ3v) is 8.62. The molecule has 0 bridgehead atoms. The number of carbonyl (C=O) groups is 2. The van der Waals surface area contributed by atoms with Crippen molar-refractivity contribution in [3.63, 3.8) is 0 Å². The van der Waals surface area contributed by atoms with Crippen LogP contribution in [0.15, 0.2) is 28.7 Å². The minimum Gasteiger partial charge on any atom is -0.490 e. The Hall–Kier alpha value is -3.15. The van der Waals surface area contributed by atoms with E-state index in [1.165, 1.54) is 25.0 Å². The zero-order valence-corrected chi connectivity index (χ0v) is 25.4. The highest BCUT2D eigenvalue weighted by atomic mass is 32.3. The summed E-state index contributed by atoms with van der Waals surface area (Å²) in [5.74, 6) is -1.56. The Morgan fingerprint density at radius 2 is 2.07 bits per heavy atom. The number of quaternary nitrogens is 1. The van der Waals surface area contributed by atoms with Crippen molar-refractivity contribution in [3.8, 4) is 5.75 Å². The van der Waals surface area contributed by atoms with E-state index in [0.717, 1.165) is 48.3 Å². The van der Waals surface area contributed by atoms with E-state index < -0.39 is 33.5 Å². The number of hydroxylamine groups is 2. The summed E-state index contributed by atoms with van der Waals surface area (Å²) in [5, 5.41) is 6.26. The van der Waals surface area contributed by atoms with E-state index in [4.69, 9.17) is 25.6 Å². The number of β-lactam (4-membered cyclic amide) rings is 1. The number of amides is 1. The van der Waals surface area contributed by atoms with Crippen LogP contribution in [0.4, 0.5) is 5.13 Å². The van der Waals surface area contributed by atoms with E-state index in [-0.39, 0.29) is 36.2 Å². The van der Waals surface area contributed by atoms with E-state index in [1.807, 2.05) is 12.1 Å². The number of carbonyl (C=O) groups excluding carboxylic acids is 2. The number of fused-ring (bicyclic) bond motifs is 1. The molecule has 3 heterocycles. The lowest BCUT2D eigenvalue weighted by molar-refractivity contribution is -0.924. The predicted molar refractivity (Wildman–Crippen MR) is 155 cm³/mol. The second kappa shape index (κ2) is 12.6. The smallest absolute Gasteiger partial charge is 0.418 e. The van der Waals surface area contributed by atoms with E-state index >= 15 is 0 Å². The van der Waals surface area contributed by atoms with Crippen LogP contribution in [0, 0.1) is 5.92 Å². The fourth-order valence-corrected chi connectivity index (χ4v) is 6.22. The number of likely N-dealkylation sites (N-methyl/N-ethyl adjacent to an activating group) is 1. The van der Waals surface area contributed by atoms with E-state index in [2.05, 4.69) is 27.5 Å². The van der Waals surface area contributed by atoms with Crippen LogP contribution < -0.4 is 16.2 Å². The first-order valence-corrected chi connectivity index (χ1v) is 15.7. The molecule has 42 heavy (non-hydrogen) atoms. The van der Waals surface area contributed by atoms with Crippen LogP contribution in [0.25, 0.3) is 0 Å². The van der Waals surface area contributed by atoms with Gasteiger partial charge >= 0.3 is 10.4 Å². The lowest BCUT2D eigenvalue weighted by atomic mass is 9.74. The Bertz CT molecular complexity index is 1460. The average Bonchev–Trinajstić information content (AvgIpc) is 3.36. The SMILES string of the molecule is CC1(C)[C@H](CC(=O)/C(=N\OCCOc2ccc3c(c2)CC[N+](C)(CCCN)C3)c2csc(N)n2)C(=O)N1OS(=O)(=O)O. The number of hydrogen-bond donors (Lipinski definition) is 3. The number of rotatable bonds is 14. The fraction of sp³-hybridized carbons (Fsp3) is 0.538. The highest BCUT2D eigenvalue weighted by Crippen LogP contribution is 2.40. The van der Waals surface area contributed by atoms with Crippen molar-refractivity contribution in [3.05, 3.63) is 40.4 Å². The molecule has 1 fully saturated rings. The van der Waals surface area contributed by atoms with Gasteiger partial charge in [-0.1, -0.05) is 5.16 Å². The molecule has 1 unspecified atom stereocenters. The molecule has 16 heteroatoms. The molecule has 1 saturated heterocycles. The van der Waals surface area contributed by atoms with Gasteiger partial charge in [-0.2, -0.15) is 13.5 Å². The molecule has 2 aliphatic heterocycles. The van der Waals surface area contributed by atoms with Crippen LogP contribution in [0.3, 0.4) is 0 Å². The summed E-state index contributed by atoms with van der Waals surface area (Å²) in [6.07, 6.45) is 1.63. The van der Waals surface area contributed by atoms with Gasteiger partial charge in [-0.3, -0.25) is 14.1 Å². The molecule has 0 saturated carbocycles. The minimum atomic E-state index is -4.91. The van der Waals surface area contributed by atoms with Crippen molar-refractivity contribution in [1.29, 1.82) is 0 Å². The van der Waals surface area contributed by atoms with Gasteiger partial charge in [-0.05, 0) is 44.2 Å². The summed E-state index contributed by atoms with van der Waals surface area (Å²) in [6.45, 7) is 6.96.